The Hall–Kier alpha value is -0.840. The molecule has 0 spiro atoms. The third-order valence-electron chi connectivity index (χ3n) is 3.14. The van der Waals surface area contributed by atoms with Crippen LogP contribution in [0, 0.1) is 6.92 Å². The quantitative estimate of drug-likeness (QED) is 0.857. The Morgan fingerprint density at radius 2 is 2.00 bits per heavy atom. The average Bonchev–Trinajstić information content (AvgIpc) is 2.44. The van der Waals surface area contributed by atoms with Gasteiger partial charge in [0.15, 0.2) is 0 Å². The fourth-order valence-corrected chi connectivity index (χ4v) is 2.99. The summed E-state index contributed by atoms with van der Waals surface area (Å²) in [5.74, 6) is 0. The molecule has 0 aliphatic heterocycles. The van der Waals surface area contributed by atoms with Crippen molar-refractivity contribution in [3.8, 4) is 0 Å². The lowest BCUT2D eigenvalue weighted by molar-refractivity contribution is 0.644. The van der Waals surface area contributed by atoms with Crippen LogP contribution in [-0.4, -0.2) is 11.0 Å². The monoisotopic (exact) mass is 350 g/mol. The summed E-state index contributed by atoms with van der Waals surface area (Å²) in [5.41, 5.74) is 8.42. The van der Waals surface area contributed by atoms with Gasteiger partial charge in [-0.15, -0.1) is 0 Å². The van der Waals surface area contributed by atoms with Crippen molar-refractivity contribution in [3.63, 3.8) is 0 Å². The molecule has 20 heavy (non-hydrogen) atoms. The van der Waals surface area contributed by atoms with E-state index in [1.54, 1.807) is 11.8 Å². The largest absolute Gasteiger partial charge is 0.327 e. The number of benzene rings is 1. The van der Waals surface area contributed by atoms with Gasteiger partial charge in [-0.2, -0.15) is 0 Å². The summed E-state index contributed by atoms with van der Waals surface area (Å²) >= 11 is 5.14. The number of hydrogen-bond donors (Lipinski definition) is 1. The molecule has 2 nitrogen and oxygen atoms in total. The van der Waals surface area contributed by atoms with Crippen LogP contribution in [0.4, 0.5) is 0 Å². The van der Waals surface area contributed by atoms with Crippen LogP contribution in [0.2, 0.25) is 0 Å². The predicted molar refractivity (Wildman–Crippen MR) is 89.2 cm³/mol. The molecule has 0 saturated carbocycles. The summed E-state index contributed by atoms with van der Waals surface area (Å²) in [6.07, 6.45) is 3.84. The molecule has 0 fully saturated rings. The van der Waals surface area contributed by atoms with Crippen LogP contribution in [0.5, 0.6) is 0 Å². The standard InChI is InChI=1S/C16H19BrN2S/c1-3-14(18)9-12-8-11(2)16(19-10-12)20-15-6-4-13(17)5-7-15/h4-8,10,14H,3,9,18H2,1-2H3. The Kier molecular flexibility index (Phi) is 5.64. The normalized spacial score (nSPS) is 12.4. The number of halogens is 1. The van der Waals surface area contributed by atoms with Gasteiger partial charge in [-0.3, -0.25) is 0 Å². The molecule has 1 unspecified atom stereocenters. The van der Waals surface area contributed by atoms with Crippen molar-refractivity contribution < 1.29 is 0 Å². The van der Waals surface area contributed by atoms with E-state index in [-0.39, 0.29) is 6.04 Å². The molecule has 2 N–H and O–H groups in total. The second-order valence-electron chi connectivity index (χ2n) is 4.89. The lowest BCUT2D eigenvalue weighted by Crippen LogP contribution is -2.21. The van der Waals surface area contributed by atoms with Crippen LogP contribution in [0.3, 0.4) is 0 Å². The Morgan fingerprint density at radius 1 is 1.30 bits per heavy atom. The van der Waals surface area contributed by atoms with Gasteiger partial charge in [0.2, 0.25) is 0 Å². The Labute approximate surface area is 133 Å². The summed E-state index contributed by atoms with van der Waals surface area (Å²) in [4.78, 5) is 5.78. The van der Waals surface area contributed by atoms with Crippen LogP contribution in [0.15, 0.2) is 50.9 Å². The van der Waals surface area contributed by atoms with Gasteiger partial charge in [0.1, 0.15) is 5.03 Å². The third-order valence-corrected chi connectivity index (χ3v) is 4.79. The number of aryl methyl sites for hydroxylation is 1. The van der Waals surface area contributed by atoms with Crippen molar-refractivity contribution in [2.45, 2.75) is 42.7 Å². The summed E-state index contributed by atoms with van der Waals surface area (Å²) in [7, 11) is 0. The number of hydrogen-bond acceptors (Lipinski definition) is 3. The van der Waals surface area contributed by atoms with E-state index < -0.39 is 0 Å². The highest BCUT2D eigenvalue weighted by molar-refractivity contribution is 9.10. The highest BCUT2D eigenvalue weighted by Crippen LogP contribution is 2.29. The van der Waals surface area contributed by atoms with Crippen LogP contribution in [0.25, 0.3) is 0 Å². The smallest absolute Gasteiger partial charge is 0.104 e. The van der Waals surface area contributed by atoms with Crippen molar-refractivity contribution in [3.05, 3.63) is 52.1 Å². The molecular formula is C16H19BrN2S. The molecule has 2 aromatic rings. The molecule has 0 amide bonds. The first-order chi connectivity index (χ1) is 9.58. The number of rotatable bonds is 5. The molecule has 2 rings (SSSR count). The lowest BCUT2D eigenvalue weighted by atomic mass is 10.1. The molecule has 0 radical (unpaired) electrons. The first kappa shape index (κ1) is 15.5. The van der Waals surface area contributed by atoms with Crippen LogP contribution < -0.4 is 5.73 Å². The Balaban J connectivity index is 2.11. The zero-order valence-corrected chi connectivity index (χ0v) is 14.2. The molecule has 106 valence electrons. The van der Waals surface area contributed by atoms with E-state index in [1.165, 1.54) is 16.0 Å². The fourth-order valence-electron chi connectivity index (χ4n) is 1.90. The summed E-state index contributed by atoms with van der Waals surface area (Å²) in [6.45, 7) is 4.22. The number of nitrogens with zero attached hydrogens (tertiary/aromatic N) is 1. The molecule has 0 aliphatic carbocycles. The van der Waals surface area contributed by atoms with E-state index >= 15 is 0 Å². The summed E-state index contributed by atoms with van der Waals surface area (Å²) in [6, 6.07) is 10.7. The maximum atomic E-state index is 5.99. The van der Waals surface area contributed by atoms with Gasteiger partial charge in [0, 0.05) is 21.6 Å². The zero-order valence-electron chi connectivity index (χ0n) is 11.8. The summed E-state index contributed by atoms with van der Waals surface area (Å²) in [5, 5.41) is 1.06. The van der Waals surface area contributed by atoms with Crippen molar-refractivity contribution in [1.82, 2.24) is 4.98 Å². The van der Waals surface area contributed by atoms with Gasteiger partial charge < -0.3 is 5.73 Å². The lowest BCUT2D eigenvalue weighted by Gasteiger charge is -2.11. The predicted octanol–water partition coefficient (Wildman–Crippen LogP) is 4.58. The minimum Gasteiger partial charge on any atom is -0.327 e. The first-order valence-corrected chi connectivity index (χ1v) is 8.34. The van der Waals surface area contributed by atoms with Crippen molar-refractivity contribution in [2.24, 2.45) is 5.73 Å². The topological polar surface area (TPSA) is 38.9 Å². The second-order valence-corrected chi connectivity index (χ2v) is 6.87. The van der Waals surface area contributed by atoms with Gasteiger partial charge in [0.25, 0.3) is 0 Å². The van der Waals surface area contributed by atoms with E-state index in [0.717, 1.165) is 22.3 Å². The van der Waals surface area contributed by atoms with Crippen LogP contribution in [-0.2, 0) is 6.42 Å². The molecule has 1 heterocycles. The Bertz CT molecular complexity index is 569. The van der Waals surface area contributed by atoms with Gasteiger partial charge in [-0.1, -0.05) is 40.7 Å². The van der Waals surface area contributed by atoms with Gasteiger partial charge >= 0.3 is 0 Å². The fraction of sp³-hybridized carbons (Fsp3) is 0.312. The number of pyridine rings is 1. The zero-order chi connectivity index (χ0) is 14.5. The van der Waals surface area contributed by atoms with Crippen LogP contribution >= 0.6 is 27.7 Å². The van der Waals surface area contributed by atoms with E-state index in [0.29, 0.717) is 0 Å². The highest BCUT2D eigenvalue weighted by Gasteiger charge is 2.07. The van der Waals surface area contributed by atoms with Crippen molar-refractivity contribution >= 4 is 27.7 Å². The van der Waals surface area contributed by atoms with Crippen molar-refractivity contribution in [1.29, 1.82) is 0 Å². The highest BCUT2D eigenvalue weighted by atomic mass is 79.9. The SMILES string of the molecule is CCC(N)Cc1cnc(Sc2ccc(Br)cc2)c(C)c1. The minimum absolute atomic E-state index is 0.223. The first-order valence-electron chi connectivity index (χ1n) is 6.73. The summed E-state index contributed by atoms with van der Waals surface area (Å²) < 4.78 is 1.09. The number of aromatic nitrogens is 1. The second kappa shape index (κ2) is 7.25. The minimum atomic E-state index is 0.223. The molecule has 1 aromatic carbocycles. The molecule has 1 atom stereocenters. The van der Waals surface area contributed by atoms with Crippen LogP contribution in [0.1, 0.15) is 24.5 Å². The molecule has 1 aromatic heterocycles. The van der Waals surface area contributed by atoms with Gasteiger partial charge in [0.05, 0.1) is 0 Å². The molecule has 0 saturated heterocycles. The van der Waals surface area contributed by atoms with E-state index in [1.807, 2.05) is 18.3 Å². The van der Waals surface area contributed by atoms with E-state index in [9.17, 15) is 0 Å². The molecule has 4 heteroatoms. The molecular weight excluding hydrogens is 332 g/mol. The Morgan fingerprint density at radius 3 is 2.60 bits per heavy atom. The number of nitrogens with two attached hydrogens (primary N) is 1. The average molecular weight is 351 g/mol. The maximum Gasteiger partial charge on any atom is 0.104 e. The maximum absolute atomic E-state index is 5.99. The van der Waals surface area contributed by atoms with Gasteiger partial charge in [-0.25, -0.2) is 4.98 Å². The third kappa shape index (κ3) is 4.33. The van der Waals surface area contributed by atoms with Gasteiger partial charge in [-0.05, 0) is 55.2 Å². The van der Waals surface area contributed by atoms with Crippen molar-refractivity contribution in [2.75, 3.05) is 0 Å². The molecule has 0 bridgehead atoms. The molecule has 0 aliphatic rings. The van der Waals surface area contributed by atoms with E-state index in [4.69, 9.17) is 5.73 Å². The van der Waals surface area contributed by atoms with E-state index in [2.05, 4.69) is 53.0 Å².